The van der Waals surface area contributed by atoms with Gasteiger partial charge in [-0.2, -0.15) is 0 Å². The van der Waals surface area contributed by atoms with Gasteiger partial charge in [-0.1, -0.05) is 58.4 Å². The Labute approximate surface area is 135 Å². The molecule has 0 radical (unpaired) electrons. The molecule has 104 valence electrons. The van der Waals surface area contributed by atoms with Crippen molar-refractivity contribution in [1.29, 1.82) is 0 Å². The minimum absolute atomic E-state index is 1.02. The van der Waals surface area contributed by atoms with Crippen LogP contribution in [0.25, 0.3) is 38.4 Å². The van der Waals surface area contributed by atoms with Gasteiger partial charge in [-0.15, -0.1) is 0 Å². The number of aromatic nitrogens is 2. The predicted octanol–water partition coefficient (Wildman–Crippen LogP) is 5.56. The lowest BCUT2D eigenvalue weighted by atomic mass is 10.1. The molecule has 5 aromatic rings. The molecule has 0 unspecified atom stereocenters. The zero-order valence-corrected chi connectivity index (χ0v) is 13.2. The van der Waals surface area contributed by atoms with Gasteiger partial charge in [0.15, 0.2) is 0 Å². The average Bonchev–Trinajstić information content (AvgIpc) is 2.95. The van der Waals surface area contributed by atoms with Crippen molar-refractivity contribution in [3.63, 3.8) is 0 Å². The van der Waals surface area contributed by atoms with Crippen LogP contribution in [0.2, 0.25) is 0 Å². The maximum absolute atomic E-state index is 4.87. The summed E-state index contributed by atoms with van der Waals surface area (Å²) in [6.45, 7) is 0. The van der Waals surface area contributed by atoms with Crippen LogP contribution in [0.1, 0.15) is 0 Å². The Morgan fingerprint density at radius 2 is 1.45 bits per heavy atom. The molecule has 22 heavy (non-hydrogen) atoms. The van der Waals surface area contributed by atoms with Crippen LogP contribution >= 0.6 is 15.9 Å². The summed E-state index contributed by atoms with van der Waals surface area (Å²) >= 11 is 3.72. The molecule has 0 spiro atoms. The highest BCUT2D eigenvalue weighted by Gasteiger charge is 2.14. The lowest BCUT2D eigenvalue weighted by molar-refractivity contribution is 1.31. The van der Waals surface area contributed by atoms with Gasteiger partial charge in [-0.25, -0.2) is 4.98 Å². The number of hydrogen-bond donors (Lipinski definition) is 0. The summed E-state index contributed by atoms with van der Waals surface area (Å²) in [5.74, 6) is 0. The van der Waals surface area contributed by atoms with Crippen LogP contribution in [0, 0.1) is 0 Å². The van der Waals surface area contributed by atoms with Gasteiger partial charge in [0.1, 0.15) is 5.65 Å². The van der Waals surface area contributed by atoms with Crippen molar-refractivity contribution in [3.8, 4) is 0 Å². The molecular formula is C19H11BrN2. The Bertz CT molecular complexity index is 1190. The van der Waals surface area contributed by atoms with Crippen molar-refractivity contribution in [2.45, 2.75) is 0 Å². The second kappa shape index (κ2) is 4.31. The van der Waals surface area contributed by atoms with E-state index in [1.807, 2.05) is 6.07 Å². The molecule has 5 rings (SSSR count). The summed E-state index contributed by atoms with van der Waals surface area (Å²) in [5, 5.41) is 3.64. The van der Waals surface area contributed by atoms with Gasteiger partial charge in [-0.05, 0) is 29.7 Å². The summed E-state index contributed by atoms with van der Waals surface area (Å²) in [5.41, 5.74) is 4.37. The van der Waals surface area contributed by atoms with Crippen molar-refractivity contribution in [1.82, 2.24) is 9.38 Å². The number of fused-ring (bicyclic) bond motifs is 8. The fraction of sp³-hybridized carbons (Fsp3) is 0. The van der Waals surface area contributed by atoms with Crippen LogP contribution < -0.4 is 0 Å². The summed E-state index contributed by atoms with van der Waals surface area (Å²) in [4.78, 5) is 4.87. The van der Waals surface area contributed by atoms with Crippen LogP contribution in [0.5, 0.6) is 0 Å². The first-order valence-corrected chi connectivity index (χ1v) is 8.00. The van der Waals surface area contributed by atoms with Crippen LogP contribution in [-0.2, 0) is 0 Å². The Kier molecular flexibility index (Phi) is 2.38. The maximum atomic E-state index is 4.87. The highest BCUT2D eigenvalue weighted by Crippen LogP contribution is 2.35. The fourth-order valence-corrected chi connectivity index (χ4v) is 3.88. The van der Waals surface area contributed by atoms with Gasteiger partial charge in [0, 0.05) is 15.2 Å². The summed E-state index contributed by atoms with van der Waals surface area (Å²) in [7, 11) is 0. The number of hydrogen-bond acceptors (Lipinski definition) is 1. The first kappa shape index (κ1) is 12.2. The van der Waals surface area contributed by atoms with Crippen molar-refractivity contribution in [3.05, 3.63) is 71.2 Å². The molecule has 2 heterocycles. The Morgan fingerprint density at radius 3 is 2.36 bits per heavy atom. The van der Waals surface area contributed by atoms with E-state index in [-0.39, 0.29) is 0 Å². The lowest BCUT2D eigenvalue weighted by Gasteiger charge is -2.10. The fourth-order valence-electron chi connectivity index (χ4n) is 3.31. The van der Waals surface area contributed by atoms with Gasteiger partial charge in [-0.3, -0.25) is 4.40 Å². The molecule has 0 amide bonds. The van der Waals surface area contributed by atoms with E-state index in [4.69, 9.17) is 4.98 Å². The summed E-state index contributed by atoms with van der Waals surface area (Å²) in [6.07, 6.45) is 0. The monoisotopic (exact) mass is 346 g/mol. The summed E-state index contributed by atoms with van der Waals surface area (Å²) < 4.78 is 3.37. The average molecular weight is 347 g/mol. The third-order valence-corrected chi connectivity index (χ3v) is 4.89. The molecular weight excluding hydrogens is 336 g/mol. The zero-order chi connectivity index (χ0) is 14.7. The first-order valence-electron chi connectivity index (χ1n) is 7.21. The SMILES string of the molecule is Brc1cccc2c1c1ccccc1c1nc3ccccc3n21. The minimum Gasteiger partial charge on any atom is -0.292 e. The number of benzene rings is 3. The molecule has 0 aliphatic rings. The smallest absolute Gasteiger partial charge is 0.146 e. The quantitative estimate of drug-likeness (QED) is 0.335. The molecule has 2 nitrogen and oxygen atoms in total. The number of para-hydroxylation sites is 2. The largest absolute Gasteiger partial charge is 0.292 e. The molecule has 3 aromatic carbocycles. The summed E-state index contributed by atoms with van der Waals surface area (Å²) in [6, 6.07) is 23.1. The highest BCUT2D eigenvalue weighted by molar-refractivity contribution is 9.10. The predicted molar refractivity (Wildman–Crippen MR) is 95.4 cm³/mol. The maximum Gasteiger partial charge on any atom is 0.146 e. The normalized spacial score (nSPS) is 11.9. The Hall–Kier alpha value is -2.39. The van der Waals surface area contributed by atoms with E-state index < -0.39 is 0 Å². The Morgan fingerprint density at radius 1 is 0.727 bits per heavy atom. The van der Waals surface area contributed by atoms with E-state index in [1.54, 1.807) is 0 Å². The van der Waals surface area contributed by atoms with Gasteiger partial charge in [0.25, 0.3) is 0 Å². The second-order valence-electron chi connectivity index (χ2n) is 5.44. The third kappa shape index (κ3) is 1.46. The van der Waals surface area contributed by atoms with E-state index in [9.17, 15) is 0 Å². The molecule has 0 aliphatic carbocycles. The number of pyridine rings is 1. The molecule has 0 bridgehead atoms. The highest BCUT2D eigenvalue weighted by atomic mass is 79.9. The van der Waals surface area contributed by atoms with E-state index >= 15 is 0 Å². The lowest BCUT2D eigenvalue weighted by Crippen LogP contribution is -1.91. The third-order valence-electron chi connectivity index (χ3n) is 4.23. The van der Waals surface area contributed by atoms with Gasteiger partial charge >= 0.3 is 0 Å². The van der Waals surface area contributed by atoms with E-state index in [1.165, 1.54) is 21.7 Å². The van der Waals surface area contributed by atoms with Crippen molar-refractivity contribution in [2.75, 3.05) is 0 Å². The van der Waals surface area contributed by atoms with E-state index in [2.05, 4.69) is 81.0 Å². The Balaban J connectivity index is 2.26. The van der Waals surface area contributed by atoms with Crippen LogP contribution in [0.15, 0.2) is 71.2 Å². The number of imidazole rings is 1. The molecule has 0 saturated heterocycles. The second-order valence-corrected chi connectivity index (χ2v) is 6.29. The number of rotatable bonds is 0. The molecule has 0 N–H and O–H groups in total. The van der Waals surface area contributed by atoms with Crippen molar-refractivity contribution in [2.24, 2.45) is 0 Å². The van der Waals surface area contributed by atoms with Crippen molar-refractivity contribution >= 4 is 54.3 Å². The van der Waals surface area contributed by atoms with Gasteiger partial charge in [0.2, 0.25) is 0 Å². The molecule has 0 atom stereocenters. The van der Waals surface area contributed by atoms with E-state index in [0.29, 0.717) is 0 Å². The van der Waals surface area contributed by atoms with Crippen LogP contribution in [-0.4, -0.2) is 9.38 Å². The van der Waals surface area contributed by atoms with E-state index in [0.717, 1.165) is 21.2 Å². The van der Waals surface area contributed by atoms with Crippen molar-refractivity contribution < 1.29 is 0 Å². The standard InChI is InChI=1S/C19H11BrN2/c20-14-8-5-11-17-18(14)12-6-1-2-7-13(12)19-21-15-9-3-4-10-16(15)22(17)19/h1-11H. The van der Waals surface area contributed by atoms with Crippen LogP contribution in [0.3, 0.4) is 0 Å². The number of nitrogens with zero attached hydrogens (tertiary/aromatic N) is 2. The molecule has 2 aromatic heterocycles. The number of halogens is 1. The topological polar surface area (TPSA) is 17.3 Å². The van der Waals surface area contributed by atoms with Gasteiger partial charge < -0.3 is 0 Å². The zero-order valence-electron chi connectivity index (χ0n) is 11.6. The molecule has 3 heteroatoms. The minimum atomic E-state index is 1.02. The van der Waals surface area contributed by atoms with Crippen LogP contribution in [0.4, 0.5) is 0 Å². The molecule has 0 saturated carbocycles. The molecule has 0 aliphatic heterocycles. The molecule has 0 fully saturated rings. The first-order chi connectivity index (χ1) is 10.8. The van der Waals surface area contributed by atoms with Gasteiger partial charge in [0.05, 0.1) is 16.6 Å².